The molecule has 18 heavy (non-hydrogen) atoms. The number of esters is 1. The normalized spacial score (nSPS) is 26.1. The summed E-state index contributed by atoms with van der Waals surface area (Å²) in [6.45, 7) is 9.73. The molecule has 1 aliphatic rings. The molecule has 1 aliphatic carbocycles. The Kier molecular flexibility index (Phi) is 4.97. The van der Waals surface area contributed by atoms with Crippen LogP contribution in [0.2, 0.25) is 0 Å². The van der Waals surface area contributed by atoms with Crippen LogP contribution < -0.4 is 0 Å². The van der Waals surface area contributed by atoms with E-state index in [-0.39, 0.29) is 23.4 Å². The minimum Gasteiger partial charge on any atom is -0.463 e. The summed E-state index contributed by atoms with van der Waals surface area (Å²) < 4.78 is 5.10. The standard InChI is InChI=1S/C15H26O3/c1-10-7-6-8-15(4,5)14(10)13(17)9-11(2)18-12(3)16/h7,11,13-14,17H,6,8-9H2,1-5H3/t11-,13+,14-/m0/s1. The van der Waals surface area contributed by atoms with E-state index in [1.54, 1.807) is 0 Å². The van der Waals surface area contributed by atoms with Crippen molar-refractivity contribution in [3.05, 3.63) is 11.6 Å². The topological polar surface area (TPSA) is 46.5 Å². The van der Waals surface area contributed by atoms with Crippen LogP contribution in [0.1, 0.15) is 53.9 Å². The first kappa shape index (κ1) is 15.2. The van der Waals surface area contributed by atoms with Crippen LogP contribution in [0.5, 0.6) is 0 Å². The predicted octanol–water partition coefficient (Wildman–Crippen LogP) is 3.07. The van der Waals surface area contributed by atoms with E-state index < -0.39 is 6.10 Å². The fourth-order valence-electron chi connectivity index (χ4n) is 3.20. The van der Waals surface area contributed by atoms with Crippen LogP contribution in [0, 0.1) is 11.3 Å². The molecule has 0 bridgehead atoms. The van der Waals surface area contributed by atoms with E-state index in [0.29, 0.717) is 6.42 Å². The zero-order valence-electron chi connectivity index (χ0n) is 12.2. The Morgan fingerprint density at radius 3 is 2.72 bits per heavy atom. The highest BCUT2D eigenvalue weighted by atomic mass is 16.5. The first-order chi connectivity index (χ1) is 8.24. The van der Waals surface area contributed by atoms with Crippen molar-refractivity contribution >= 4 is 5.97 Å². The molecule has 0 heterocycles. The zero-order chi connectivity index (χ0) is 13.9. The first-order valence-corrected chi connectivity index (χ1v) is 6.76. The van der Waals surface area contributed by atoms with Crippen molar-refractivity contribution in [2.24, 2.45) is 11.3 Å². The summed E-state index contributed by atoms with van der Waals surface area (Å²) in [6.07, 6.45) is 4.21. The summed E-state index contributed by atoms with van der Waals surface area (Å²) in [5, 5.41) is 10.4. The van der Waals surface area contributed by atoms with E-state index in [4.69, 9.17) is 4.74 Å². The number of aliphatic hydroxyl groups excluding tert-OH is 1. The highest BCUT2D eigenvalue weighted by Gasteiger charge is 2.38. The van der Waals surface area contributed by atoms with Gasteiger partial charge in [0.05, 0.1) is 6.10 Å². The van der Waals surface area contributed by atoms with Gasteiger partial charge in [-0.05, 0) is 32.1 Å². The molecule has 0 aliphatic heterocycles. The average Bonchev–Trinajstić information content (AvgIpc) is 2.13. The number of aliphatic hydroxyl groups is 1. The Balaban J connectivity index is 2.69. The maximum Gasteiger partial charge on any atom is 0.302 e. The fraction of sp³-hybridized carbons (Fsp3) is 0.800. The fourth-order valence-corrected chi connectivity index (χ4v) is 3.20. The number of allylic oxidation sites excluding steroid dienone is 1. The number of carbonyl (C=O) groups excluding carboxylic acids is 1. The van der Waals surface area contributed by atoms with Gasteiger partial charge >= 0.3 is 5.97 Å². The van der Waals surface area contributed by atoms with Gasteiger partial charge in [-0.1, -0.05) is 25.5 Å². The quantitative estimate of drug-likeness (QED) is 0.619. The molecule has 0 spiro atoms. The third kappa shape index (κ3) is 3.84. The van der Waals surface area contributed by atoms with Crippen LogP contribution >= 0.6 is 0 Å². The Morgan fingerprint density at radius 2 is 2.22 bits per heavy atom. The molecule has 1 N–H and O–H groups in total. The smallest absolute Gasteiger partial charge is 0.302 e. The van der Waals surface area contributed by atoms with Crippen LogP contribution in [0.3, 0.4) is 0 Å². The van der Waals surface area contributed by atoms with Crippen LogP contribution in [-0.2, 0) is 9.53 Å². The van der Waals surface area contributed by atoms with Gasteiger partial charge in [0.25, 0.3) is 0 Å². The van der Waals surface area contributed by atoms with Crippen molar-refractivity contribution in [1.29, 1.82) is 0 Å². The van der Waals surface area contributed by atoms with Gasteiger partial charge in [0.15, 0.2) is 0 Å². The minimum atomic E-state index is -0.453. The van der Waals surface area contributed by atoms with Crippen LogP contribution in [0.25, 0.3) is 0 Å². The van der Waals surface area contributed by atoms with E-state index in [1.165, 1.54) is 12.5 Å². The molecule has 1 rings (SSSR count). The third-order valence-electron chi connectivity index (χ3n) is 3.91. The second-order valence-corrected chi connectivity index (χ2v) is 6.18. The molecular weight excluding hydrogens is 228 g/mol. The molecule has 0 fully saturated rings. The number of rotatable bonds is 4. The lowest BCUT2D eigenvalue weighted by molar-refractivity contribution is -0.147. The monoisotopic (exact) mass is 254 g/mol. The zero-order valence-corrected chi connectivity index (χ0v) is 12.2. The van der Waals surface area contributed by atoms with Gasteiger partial charge in [-0.15, -0.1) is 0 Å². The Bertz CT molecular complexity index is 331. The molecule has 3 heteroatoms. The SMILES string of the molecule is CC(=O)O[C@@H](C)C[C@@H](O)[C@@H]1C(C)=CCCC1(C)C. The predicted molar refractivity (Wildman–Crippen MR) is 72.1 cm³/mol. The van der Waals surface area contributed by atoms with E-state index >= 15 is 0 Å². The van der Waals surface area contributed by atoms with E-state index in [2.05, 4.69) is 26.8 Å². The molecule has 0 saturated carbocycles. The van der Waals surface area contributed by atoms with Gasteiger partial charge in [0, 0.05) is 19.3 Å². The van der Waals surface area contributed by atoms with E-state index in [9.17, 15) is 9.90 Å². The molecule has 0 aromatic carbocycles. The second-order valence-electron chi connectivity index (χ2n) is 6.18. The molecule has 0 radical (unpaired) electrons. The molecule has 0 amide bonds. The highest BCUT2D eigenvalue weighted by Crippen LogP contribution is 2.43. The molecule has 0 saturated heterocycles. The highest BCUT2D eigenvalue weighted by molar-refractivity contribution is 5.66. The van der Waals surface area contributed by atoms with Gasteiger partial charge in [-0.3, -0.25) is 4.79 Å². The second kappa shape index (κ2) is 5.87. The van der Waals surface area contributed by atoms with Gasteiger partial charge < -0.3 is 9.84 Å². The maximum absolute atomic E-state index is 10.9. The molecular formula is C15H26O3. The van der Waals surface area contributed by atoms with Gasteiger partial charge in [-0.2, -0.15) is 0 Å². The first-order valence-electron chi connectivity index (χ1n) is 6.76. The number of ether oxygens (including phenoxy) is 1. The van der Waals surface area contributed by atoms with Crippen molar-refractivity contribution < 1.29 is 14.6 Å². The molecule has 3 nitrogen and oxygen atoms in total. The molecule has 0 unspecified atom stereocenters. The van der Waals surface area contributed by atoms with Crippen molar-refractivity contribution in [3.8, 4) is 0 Å². The summed E-state index contributed by atoms with van der Waals surface area (Å²) in [4.78, 5) is 10.9. The maximum atomic E-state index is 10.9. The summed E-state index contributed by atoms with van der Waals surface area (Å²) >= 11 is 0. The van der Waals surface area contributed by atoms with E-state index in [1.807, 2.05) is 6.92 Å². The Hall–Kier alpha value is -0.830. The Labute approximate surface area is 110 Å². The molecule has 0 aromatic rings. The lowest BCUT2D eigenvalue weighted by Crippen LogP contribution is -2.39. The minimum absolute atomic E-state index is 0.105. The van der Waals surface area contributed by atoms with Gasteiger partial charge in [0.1, 0.15) is 6.10 Å². The lowest BCUT2D eigenvalue weighted by Gasteiger charge is -2.41. The van der Waals surface area contributed by atoms with Crippen LogP contribution in [0.4, 0.5) is 0 Å². The van der Waals surface area contributed by atoms with Crippen molar-refractivity contribution in [2.45, 2.75) is 66.1 Å². The lowest BCUT2D eigenvalue weighted by atomic mass is 9.65. The van der Waals surface area contributed by atoms with Crippen LogP contribution in [-0.4, -0.2) is 23.3 Å². The number of hydrogen-bond donors (Lipinski definition) is 1. The van der Waals surface area contributed by atoms with Gasteiger partial charge in [0.2, 0.25) is 0 Å². The van der Waals surface area contributed by atoms with Crippen molar-refractivity contribution in [2.75, 3.05) is 0 Å². The molecule has 0 aromatic heterocycles. The average molecular weight is 254 g/mol. The number of hydrogen-bond acceptors (Lipinski definition) is 3. The van der Waals surface area contributed by atoms with Gasteiger partial charge in [-0.25, -0.2) is 0 Å². The third-order valence-corrected chi connectivity index (χ3v) is 3.91. The molecule has 3 atom stereocenters. The van der Waals surface area contributed by atoms with Crippen molar-refractivity contribution in [1.82, 2.24) is 0 Å². The van der Waals surface area contributed by atoms with Crippen LogP contribution in [0.15, 0.2) is 11.6 Å². The summed E-state index contributed by atoms with van der Waals surface area (Å²) in [5.41, 5.74) is 1.36. The number of carbonyl (C=O) groups is 1. The summed E-state index contributed by atoms with van der Waals surface area (Å²) in [6, 6.07) is 0. The molecule has 104 valence electrons. The Morgan fingerprint density at radius 1 is 1.61 bits per heavy atom. The van der Waals surface area contributed by atoms with Crippen molar-refractivity contribution in [3.63, 3.8) is 0 Å². The largest absolute Gasteiger partial charge is 0.463 e. The summed E-state index contributed by atoms with van der Waals surface area (Å²) in [7, 11) is 0. The van der Waals surface area contributed by atoms with E-state index in [0.717, 1.165) is 12.8 Å². The summed E-state index contributed by atoms with van der Waals surface area (Å²) in [5.74, 6) is -0.130.